The molecule has 0 aliphatic heterocycles. The molecule has 1 aliphatic carbocycles. The van der Waals surface area contributed by atoms with E-state index in [1.807, 2.05) is 18.2 Å². The van der Waals surface area contributed by atoms with Crippen LogP contribution in [0.5, 0.6) is 0 Å². The summed E-state index contributed by atoms with van der Waals surface area (Å²) in [7, 11) is 0. The van der Waals surface area contributed by atoms with E-state index in [9.17, 15) is 0 Å². The number of hydrogen-bond donors (Lipinski definition) is 0. The van der Waals surface area contributed by atoms with Crippen LogP contribution in [-0.2, 0) is 0 Å². The third kappa shape index (κ3) is 1.23. The second-order valence-corrected chi connectivity index (χ2v) is 1.76. The topological polar surface area (TPSA) is 0 Å². The van der Waals surface area contributed by atoms with Crippen LogP contribution in [0.4, 0.5) is 0 Å². The van der Waals surface area contributed by atoms with Crippen molar-refractivity contribution in [3.63, 3.8) is 0 Å². The van der Waals surface area contributed by atoms with Gasteiger partial charge in [0.1, 0.15) is 0 Å². The van der Waals surface area contributed by atoms with Gasteiger partial charge in [-0.3, -0.25) is 0 Å². The van der Waals surface area contributed by atoms with Gasteiger partial charge in [-0.25, -0.2) is 0 Å². The summed E-state index contributed by atoms with van der Waals surface area (Å²) in [6.07, 6.45) is 7.81. The Labute approximate surface area is 49.5 Å². The van der Waals surface area contributed by atoms with Crippen LogP contribution in [0.2, 0.25) is 0 Å². The normalized spacial score (nSPS) is 13.2. The SMILES string of the molecule is C=CC(=C)C=C1C=C1. The van der Waals surface area contributed by atoms with E-state index in [4.69, 9.17) is 0 Å². The molecule has 0 saturated heterocycles. The van der Waals surface area contributed by atoms with Gasteiger partial charge in [0.25, 0.3) is 0 Å². The minimum Gasteiger partial charge on any atom is -0.0985 e. The van der Waals surface area contributed by atoms with Crippen molar-refractivity contribution in [2.45, 2.75) is 0 Å². The number of hydrogen-bond acceptors (Lipinski definition) is 0. The van der Waals surface area contributed by atoms with Crippen LogP contribution in [0.15, 0.2) is 48.6 Å². The molecular weight excluding hydrogens is 96.1 g/mol. The largest absolute Gasteiger partial charge is 0.0985 e. The van der Waals surface area contributed by atoms with Crippen molar-refractivity contribution < 1.29 is 0 Å². The van der Waals surface area contributed by atoms with Crippen molar-refractivity contribution in [2.75, 3.05) is 0 Å². The summed E-state index contributed by atoms with van der Waals surface area (Å²) in [4.78, 5) is 0. The van der Waals surface area contributed by atoms with Gasteiger partial charge in [-0.05, 0) is 17.2 Å². The van der Waals surface area contributed by atoms with E-state index < -0.39 is 0 Å². The van der Waals surface area contributed by atoms with Gasteiger partial charge >= 0.3 is 0 Å². The second kappa shape index (κ2) is 1.83. The Kier molecular flexibility index (Phi) is 1.17. The van der Waals surface area contributed by atoms with Crippen molar-refractivity contribution in [3.8, 4) is 0 Å². The summed E-state index contributed by atoms with van der Waals surface area (Å²) in [6, 6.07) is 0. The Bertz CT molecular complexity index is 172. The van der Waals surface area contributed by atoms with Crippen molar-refractivity contribution in [1.82, 2.24) is 0 Å². The van der Waals surface area contributed by atoms with E-state index in [1.54, 1.807) is 6.08 Å². The highest BCUT2D eigenvalue weighted by Crippen LogP contribution is 2.15. The third-order valence-corrected chi connectivity index (χ3v) is 0.973. The van der Waals surface area contributed by atoms with E-state index in [2.05, 4.69) is 13.2 Å². The van der Waals surface area contributed by atoms with E-state index in [-0.39, 0.29) is 0 Å². The predicted octanol–water partition coefficient (Wildman–Crippen LogP) is 2.22. The fourth-order valence-corrected chi connectivity index (χ4v) is 0.417. The highest BCUT2D eigenvalue weighted by molar-refractivity contribution is 5.51. The Morgan fingerprint density at radius 3 is 2.50 bits per heavy atom. The zero-order valence-corrected chi connectivity index (χ0v) is 4.72. The second-order valence-electron chi connectivity index (χ2n) is 1.76. The lowest BCUT2D eigenvalue weighted by molar-refractivity contribution is 1.75. The molecule has 0 bridgehead atoms. The molecule has 0 atom stereocenters. The monoisotopic (exact) mass is 104 g/mol. The minimum absolute atomic E-state index is 0.977. The van der Waals surface area contributed by atoms with Crippen molar-refractivity contribution >= 4 is 0 Å². The van der Waals surface area contributed by atoms with Gasteiger partial charge in [-0.2, -0.15) is 0 Å². The average Bonchev–Trinajstić information content (AvgIpc) is 2.50. The van der Waals surface area contributed by atoms with E-state index in [0.29, 0.717) is 0 Å². The van der Waals surface area contributed by atoms with Gasteiger partial charge in [0, 0.05) is 0 Å². The predicted molar refractivity (Wildman–Crippen MR) is 36.6 cm³/mol. The number of allylic oxidation sites excluding steroid dienone is 6. The van der Waals surface area contributed by atoms with Crippen LogP contribution < -0.4 is 0 Å². The lowest BCUT2D eigenvalue weighted by atomic mass is 10.2. The summed E-state index contributed by atoms with van der Waals surface area (Å²) in [5.74, 6) is 0. The molecule has 0 heteroatoms. The smallest absolute Gasteiger partial charge is 0.0251 e. The molecule has 0 fully saturated rings. The zero-order valence-electron chi connectivity index (χ0n) is 4.72. The van der Waals surface area contributed by atoms with E-state index in [1.165, 1.54) is 5.57 Å². The summed E-state index contributed by atoms with van der Waals surface area (Å²) in [5.41, 5.74) is 2.24. The lowest BCUT2D eigenvalue weighted by Crippen LogP contribution is -1.61. The van der Waals surface area contributed by atoms with Crippen LogP contribution in [-0.4, -0.2) is 0 Å². The Balaban J connectivity index is 2.50. The minimum atomic E-state index is 0.977. The molecule has 0 amide bonds. The molecule has 1 aliphatic rings. The first-order valence-electron chi connectivity index (χ1n) is 2.54. The van der Waals surface area contributed by atoms with Crippen LogP contribution >= 0.6 is 0 Å². The third-order valence-electron chi connectivity index (χ3n) is 0.973. The van der Waals surface area contributed by atoms with Crippen molar-refractivity contribution in [3.05, 3.63) is 48.6 Å². The van der Waals surface area contributed by atoms with Gasteiger partial charge < -0.3 is 0 Å². The molecule has 0 unspecified atom stereocenters. The molecule has 0 nitrogen and oxygen atoms in total. The summed E-state index contributed by atoms with van der Waals surface area (Å²) in [6.45, 7) is 7.29. The van der Waals surface area contributed by atoms with Crippen LogP contribution in [0.3, 0.4) is 0 Å². The fraction of sp³-hybridized carbons (Fsp3) is 0. The van der Waals surface area contributed by atoms with Gasteiger partial charge in [0.2, 0.25) is 0 Å². The van der Waals surface area contributed by atoms with E-state index >= 15 is 0 Å². The maximum absolute atomic E-state index is 3.72. The molecule has 0 aromatic heterocycles. The first-order chi connectivity index (χ1) is 3.83. The highest BCUT2D eigenvalue weighted by Gasteiger charge is 1.95. The molecule has 1 rings (SSSR count). The van der Waals surface area contributed by atoms with Crippen LogP contribution in [0.1, 0.15) is 0 Å². The van der Waals surface area contributed by atoms with Gasteiger partial charge in [0.05, 0.1) is 0 Å². The molecule has 0 radical (unpaired) electrons. The highest BCUT2D eigenvalue weighted by atomic mass is 14.0. The summed E-state index contributed by atoms with van der Waals surface area (Å²) >= 11 is 0. The average molecular weight is 104 g/mol. The molecule has 0 saturated carbocycles. The van der Waals surface area contributed by atoms with Crippen LogP contribution in [0.25, 0.3) is 0 Å². The summed E-state index contributed by atoms with van der Waals surface area (Å²) in [5, 5.41) is 0. The maximum atomic E-state index is 3.72. The molecule has 0 N–H and O–H groups in total. The molecule has 0 heterocycles. The summed E-state index contributed by atoms with van der Waals surface area (Å²) < 4.78 is 0. The van der Waals surface area contributed by atoms with Crippen LogP contribution in [0, 0.1) is 0 Å². The fourth-order valence-electron chi connectivity index (χ4n) is 0.417. The molecule has 0 aromatic rings. The zero-order chi connectivity index (χ0) is 5.98. The maximum Gasteiger partial charge on any atom is -0.0251 e. The van der Waals surface area contributed by atoms with Crippen molar-refractivity contribution in [1.29, 1.82) is 0 Å². The Morgan fingerprint density at radius 2 is 2.12 bits per heavy atom. The van der Waals surface area contributed by atoms with Crippen molar-refractivity contribution in [2.24, 2.45) is 0 Å². The lowest BCUT2D eigenvalue weighted by Gasteiger charge is -1.81. The first-order valence-corrected chi connectivity index (χ1v) is 2.54. The molecular formula is C8H8. The molecule has 8 heavy (non-hydrogen) atoms. The van der Waals surface area contributed by atoms with E-state index in [0.717, 1.165) is 5.57 Å². The Hall–Kier alpha value is -1.04. The van der Waals surface area contributed by atoms with Gasteiger partial charge in [-0.1, -0.05) is 31.4 Å². The number of rotatable bonds is 2. The molecule has 0 aromatic carbocycles. The quantitative estimate of drug-likeness (QED) is 0.471. The standard InChI is InChI=1S/C8H8/c1-3-7(2)6-8-4-5-8/h3-6H,1-2H2. The molecule has 0 spiro atoms. The first kappa shape index (κ1) is 5.10. The molecule has 40 valence electrons. The van der Waals surface area contributed by atoms with Gasteiger partial charge in [-0.15, -0.1) is 0 Å². The van der Waals surface area contributed by atoms with Gasteiger partial charge in [0.15, 0.2) is 0 Å². The Morgan fingerprint density at radius 1 is 1.50 bits per heavy atom.